The molecule has 0 aliphatic carbocycles. The number of carboxylic acid groups (broad SMARTS) is 1. The van der Waals surface area contributed by atoms with E-state index in [9.17, 15) is 9.90 Å². The maximum atomic E-state index is 11.5. The first-order valence-corrected chi connectivity index (χ1v) is 8.33. The number of hydrogen-bond acceptors (Lipinski definition) is 4. The van der Waals surface area contributed by atoms with Crippen LogP contribution in [0.3, 0.4) is 0 Å². The number of anilines is 1. The maximum Gasteiger partial charge on any atom is 0.339 e. The summed E-state index contributed by atoms with van der Waals surface area (Å²) >= 11 is 0. The number of aromatic nitrogens is 1. The van der Waals surface area contributed by atoms with Crippen molar-refractivity contribution < 1.29 is 9.90 Å². The molecule has 0 amide bonds. The van der Waals surface area contributed by atoms with Gasteiger partial charge in [-0.05, 0) is 30.7 Å². The molecule has 0 bridgehead atoms. The SMILES string of the molecule is CN1C[C@H]2CN(c3ncccc3C(=O)O)C[C@H]2[C@@H]1c1ccccc1.Cl.Cl. The number of likely N-dealkylation sites (tertiary alicyclic amines) is 1. The summed E-state index contributed by atoms with van der Waals surface area (Å²) in [6, 6.07) is 14.3. The van der Waals surface area contributed by atoms with Gasteiger partial charge >= 0.3 is 5.97 Å². The van der Waals surface area contributed by atoms with E-state index in [2.05, 4.69) is 46.1 Å². The van der Waals surface area contributed by atoms with E-state index in [1.54, 1.807) is 18.3 Å². The van der Waals surface area contributed by atoms with Crippen LogP contribution in [0, 0.1) is 11.8 Å². The highest BCUT2D eigenvalue weighted by atomic mass is 35.5. The van der Waals surface area contributed by atoms with Crippen molar-refractivity contribution in [1.82, 2.24) is 9.88 Å². The Hall–Kier alpha value is -1.82. The fourth-order valence-electron chi connectivity index (χ4n) is 4.40. The normalized spacial score (nSPS) is 24.5. The monoisotopic (exact) mass is 395 g/mol. The highest BCUT2D eigenvalue weighted by Crippen LogP contribution is 2.45. The van der Waals surface area contributed by atoms with Gasteiger partial charge in [0.2, 0.25) is 0 Å². The molecule has 140 valence electrons. The van der Waals surface area contributed by atoms with Gasteiger partial charge in [-0.2, -0.15) is 0 Å². The first kappa shape index (κ1) is 20.5. The lowest BCUT2D eigenvalue weighted by Crippen LogP contribution is -2.30. The number of rotatable bonds is 3. The van der Waals surface area contributed by atoms with Gasteiger partial charge in [-0.15, -0.1) is 24.8 Å². The average Bonchev–Trinajstić information content (AvgIpc) is 3.12. The van der Waals surface area contributed by atoms with E-state index >= 15 is 0 Å². The van der Waals surface area contributed by atoms with Crippen molar-refractivity contribution >= 4 is 36.6 Å². The molecule has 2 saturated heterocycles. The lowest BCUT2D eigenvalue weighted by Gasteiger charge is -2.27. The number of fused-ring (bicyclic) bond motifs is 1. The molecule has 0 spiro atoms. The summed E-state index contributed by atoms with van der Waals surface area (Å²) in [4.78, 5) is 20.4. The van der Waals surface area contributed by atoms with Crippen LogP contribution in [-0.2, 0) is 0 Å². The summed E-state index contributed by atoms with van der Waals surface area (Å²) < 4.78 is 0. The van der Waals surface area contributed by atoms with E-state index in [1.165, 1.54) is 5.56 Å². The molecule has 0 saturated carbocycles. The number of carboxylic acids is 1. The van der Waals surface area contributed by atoms with E-state index < -0.39 is 5.97 Å². The molecule has 0 unspecified atom stereocenters. The second-order valence-corrected chi connectivity index (χ2v) is 6.80. The van der Waals surface area contributed by atoms with Crippen molar-refractivity contribution in [1.29, 1.82) is 0 Å². The number of carbonyl (C=O) groups is 1. The Kier molecular flexibility index (Phi) is 6.50. The second-order valence-electron chi connectivity index (χ2n) is 6.80. The number of hydrogen-bond donors (Lipinski definition) is 1. The van der Waals surface area contributed by atoms with Crippen LogP contribution >= 0.6 is 24.8 Å². The standard InChI is InChI=1S/C19H21N3O2.2ClH/c1-21-10-14-11-22(18-15(19(23)24)8-5-9-20-18)12-16(14)17(21)13-6-3-2-4-7-13;;/h2-9,14,16-17H,10-12H2,1H3,(H,23,24);2*1H/t14-,16+,17-;;/m0../s1. The molecule has 0 radical (unpaired) electrons. The Morgan fingerprint density at radius 3 is 2.50 bits per heavy atom. The van der Waals surface area contributed by atoms with Gasteiger partial charge in [0.05, 0.1) is 0 Å². The smallest absolute Gasteiger partial charge is 0.339 e. The zero-order chi connectivity index (χ0) is 16.7. The van der Waals surface area contributed by atoms with Crippen LogP contribution in [0.5, 0.6) is 0 Å². The van der Waals surface area contributed by atoms with Crippen molar-refractivity contribution in [2.75, 3.05) is 31.6 Å². The fraction of sp³-hybridized carbons (Fsp3) is 0.368. The van der Waals surface area contributed by atoms with E-state index in [0.29, 0.717) is 29.3 Å². The molecular weight excluding hydrogens is 373 g/mol. The summed E-state index contributed by atoms with van der Waals surface area (Å²) in [7, 11) is 2.18. The van der Waals surface area contributed by atoms with Crippen molar-refractivity contribution in [2.45, 2.75) is 6.04 Å². The molecule has 26 heavy (non-hydrogen) atoms. The van der Waals surface area contributed by atoms with Crippen LogP contribution < -0.4 is 4.90 Å². The van der Waals surface area contributed by atoms with E-state index in [4.69, 9.17) is 0 Å². The van der Waals surface area contributed by atoms with Crippen LogP contribution in [0.2, 0.25) is 0 Å². The molecule has 2 fully saturated rings. The predicted molar refractivity (Wildman–Crippen MR) is 107 cm³/mol. The lowest BCUT2D eigenvalue weighted by molar-refractivity contribution is 0.0697. The van der Waals surface area contributed by atoms with Crippen molar-refractivity contribution in [3.8, 4) is 0 Å². The van der Waals surface area contributed by atoms with Crippen LogP contribution in [-0.4, -0.2) is 47.6 Å². The molecule has 2 aliphatic heterocycles. The zero-order valence-electron chi connectivity index (χ0n) is 14.5. The Morgan fingerprint density at radius 2 is 1.81 bits per heavy atom. The van der Waals surface area contributed by atoms with E-state index in [1.807, 2.05) is 6.07 Å². The van der Waals surface area contributed by atoms with Gasteiger partial charge in [-0.3, -0.25) is 4.90 Å². The molecular formula is C19H23Cl2N3O2. The number of nitrogens with zero attached hydrogens (tertiary/aromatic N) is 3. The molecule has 3 atom stereocenters. The highest BCUT2D eigenvalue weighted by Gasteiger charge is 2.46. The van der Waals surface area contributed by atoms with Gasteiger partial charge in [0.15, 0.2) is 0 Å². The molecule has 1 N–H and O–H groups in total. The third-order valence-corrected chi connectivity index (χ3v) is 5.35. The maximum absolute atomic E-state index is 11.5. The van der Waals surface area contributed by atoms with Crippen LogP contribution in [0.15, 0.2) is 48.7 Å². The summed E-state index contributed by atoms with van der Waals surface area (Å²) in [5, 5.41) is 9.43. The van der Waals surface area contributed by atoms with Gasteiger partial charge in [-0.25, -0.2) is 9.78 Å². The molecule has 5 nitrogen and oxygen atoms in total. The number of aromatic carboxylic acids is 1. The average molecular weight is 396 g/mol. The minimum atomic E-state index is -0.910. The largest absolute Gasteiger partial charge is 0.478 e. The Morgan fingerprint density at radius 1 is 1.08 bits per heavy atom. The Balaban J connectivity index is 0.00000121. The van der Waals surface area contributed by atoms with E-state index in [0.717, 1.165) is 19.6 Å². The van der Waals surface area contributed by atoms with Gasteiger partial charge in [0.25, 0.3) is 0 Å². The predicted octanol–water partition coefficient (Wildman–Crippen LogP) is 3.36. The molecule has 2 aromatic rings. The van der Waals surface area contributed by atoms with Crippen molar-refractivity contribution in [2.24, 2.45) is 11.8 Å². The summed E-state index contributed by atoms with van der Waals surface area (Å²) in [5.41, 5.74) is 1.64. The molecule has 1 aromatic carbocycles. The van der Waals surface area contributed by atoms with Crippen molar-refractivity contribution in [3.63, 3.8) is 0 Å². The summed E-state index contributed by atoms with van der Waals surface area (Å²) in [5.74, 6) is 0.741. The quantitative estimate of drug-likeness (QED) is 0.862. The third-order valence-electron chi connectivity index (χ3n) is 5.35. The fourth-order valence-corrected chi connectivity index (χ4v) is 4.40. The topological polar surface area (TPSA) is 56.7 Å². The van der Waals surface area contributed by atoms with Gasteiger partial charge in [-0.1, -0.05) is 30.3 Å². The number of pyridine rings is 1. The van der Waals surface area contributed by atoms with Gasteiger partial charge in [0, 0.05) is 37.8 Å². The van der Waals surface area contributed by atoms with Crippen LogP contribution in [0.4, 0.5) is 5.82 Å². The molecule has 2 aliphatic rings. The van der Waals surface area contributed by atoms with Gasteiger partial charge < -0.3 is 10.0 Å². The number of benzene rings is 1. The molecule has 3 heterocycles. The summed E-state index contributed by atoms with van der Waals surface area (Å²) in [6.45, 7) is 2.76. The first-order chi connectivity index (χ1) is 11.6. The molecule has 1 aromatic heterocycles. The molecule has 7 heteroatoms. The Labute approximate surface area is 165 Å². The summed E-state index contributed by atoms with van der Waals surface area (Å²) in [6.07, 6.45) is 1.68. The highest BCUT2D eigenvalue weighted by molar-refractivity contribution is 5.93. The van der Waals surface area contributed by atoms with Crippen LogP contribution in [0.25, 0.3) is 0 Å². The van der Waals surface area contributed by atoms with Gasteiger partial charge in [0.1, 0.15) is 11.4 Å². The molecule has 4 rings (SSSR count). The lowest BCUT2D eigenvalue weighted by atomic mass is 9.90. The third kappa shape index (κ3) is 3.52. The Bertz CT molecular complexity index is 759. The van der Waals surface area contributed by atoms with E-state index in [-0.39, 0.29) is 24.8 Å². The minimum Gasteiger partial charge on any atom is -0.478 e. The minimum absolute atomic E-state index is 0. The van der Waals surface area contributed by atoms with Crippen molar-refractivity contribution in [3.05, 3.63) is 59.8 Å². The van der Waals surface area contributed by atoms with Crippen LogP contribution in [0.1, 0.15) is 22.0 Å². The first-order valence-electron chi connectivity index (χ1n) is 8.33. The zero-order valence-corrected chi connectivity index (χ0v) is 16.1. The second kappa shape index (κ2) is 8.25. The number of halogens is 2.